The summed E-state index contributed by atoms with van der Waals surface area (Å²) in [7, 11) is 0. The lowest BCUT2D eigenvalue weighted by atomic mass is 10.1. The van der Waals surface area contributed by atoms with Crippen molar-refractivity contribution in [3.05, 3.63) is 57.1 Å². The number of aromatic carboxylic acids is 1. The van der Waals surface area contributed by atoms with E-state index in [1.807, 2.05) is 12.1 Å². The van der Waals surface area contributed by atoms with Crippen molar-refractivity contribution in [3.63, 3.8) is 0 Å². The van der Waals surface area contributed by atoms with Crippen LogP contribution in [0.2, 0.25) is 4.34 Å². The van der Waals surface area contributed by atoms with Gasteiger partial charge in [0.25, 0.3) is 0 Å². The van der Waals surface area contributed by atoms with Crippen molar-refractivity contribution in [1.82, 2.24) is 9.97 Å². The van der Waals surface area contributed by atoms with Crippen LogP contribution >= 0.6 is 22.9 Å². The van der Waals surface area contributed by atoms with Crippen LogP contribution in [0, 0.1) is 0 Å². The number of aryl methyl sites for hydroxylation is 1. The molecule has 0 radical (unpaired) electrons. The van der Waals surface area contributed by atoms with Gasteiger partial charge in [-0.25, -0.2) is 14.8 Å². The summed E-state index contributed by atoms with van der Waals surface area (Å²) in [6.45, 7) is 0. The number of fused-ring (bicyclic) bond motifs is 2. The quantitative estimate of drug-likeness (QED) is 0.695. The number of hydrogen-bond donors (Lipinski definition) is 1. The molecule has 140 valence electrons. The minimum absolute atomic E-state index is 0.111. The number of halogens is 1. The first-order chi connectivity index (χ1) is 13.5. The Bertz CT molecular complexity index is 1160. The zero-order chi connectivity index (χ0) is 19.4. The summed E-state index contributed by atoms with van der Waals surface area (Å²) in [6.07, 6.45) is 2.81. The first-order valence-electron chi connectivity index (χ1n) is 8.86. The Morgan fingerprint density at radius 1 is 1.18 bits per heavy atom. The van der Waals surface area contributed by atoms with Gasteiger partial charge >= 0.3 is 5.97 Å². The number of amides is 1. The van der Waals surface area contributed by atoms with E-state index in [-0.39, 0.29) is 17.9 Å². The van der Waals surface area contributed by atoms with Gasteiger partial charge in [0.2, 0.25) is 5.91 Å². The molecule has 0 bridgehead atoms. The van der Waals surface area contributed by atoms with Gasteiger partial charge in [-0.2, -0.15) is 0 Å². The first-order valence-corrected chi connectivity index (χ1v) is 10.1. The zero-order valence-electron chi connectivity index (χ0n) is 14.6. The van der Waals surface area contributed by atoms with Crippen molar-refractivity contribution < 1.29 is 14.7 Å². The van der Waals surface area contributed by atoms with Crippen LogP contribution in [0.5, 0.6) is 0 Å². The van der Waals surface area contributed by atoms with Gasteiger partial charge in [0.1, 0.15) is 5.82 Å². The number of hydrogen-bond acceptors (Lipinski definition) is 5. The number of carboxylic acid groups (broad SMARTS) is 1. The molecule has 1 N–H and O–H groups in total. The van der Waals surface area contributed by atoms with Gasteiger partial charge in [0.05, 0.1) is 26.9 Å². The second-order valence-corrected chi connectivity index (χ2v) is 8.52. The molecule has 3 heterocycles. The molecule has 0 saturated carbocycles. The van der Waals surface area contributed by atoms with Crippen molar-refractivity contribution in [3.8, 4) is 10.7 Å². The highest BCUT2D eigenvalue weighted by molar-refractivity contribution is 7.19. The Kier molecular flexibility index (Phi) is 3.96. The number of rotatable bonds is 3. The molecule has 0 atom stereocenters. The molecule has 0 spiro atoms. The molecule has 1 aromatic carbocycles. The molecule has 0 saturated heterocycles. The Morgan fingerprint density at radius 2 is 2.04 bits per heavy atom. The van der Waals surface area contributed by atoms with Crippen LogP contribution in [0.15, 0.2) is 30.3 Å². The van der Waals surface area contributed by atoms with E-state index in [0.717, 1.165) is 35.4 Å². The molecule has 2 aromatic heterocycles. The molecule has 0 unspecified atom stereocenters. The van der Waals surface area contributed by atoms with Crippen LogP contribution in [-0.2, 0) is 24.1 Å². The minimum Gasteiger partial charge on any atom is -0.478 e. The number of carboxylic acids is 1. The maximum absolute atomic E-state index is 12.9. The summed E-state index contributed by atoms with van der Waals surface area (Å²) in [5, 5.41) is 9.23. The van der Waals surface area contributed by atoms with E-state index in [2.05, 4.69) is 0 Å². The number of benzene rings is 1. The Morgan fingerprint density at radius 3 is 2.79 bits per heavy atom. The van der Waals surface area contributed by atoms with Crippen molar-refractivity contribution in [2.75, 3.05) is 4.90 Å². The third-order valence-electron chi connectivity index (χ3n) is 5.08. The van der Waals surface area contributed by atoms with Gasteiger partial charge in [0.15, 0.2) is 5.82 Å². The summed E-state index contributed by atoms with van der Waals surface area (Å²) in [6, 6.07) is 8.47. The highest BCUT2D eigenvalue weighted by atomic mass is 35.5. The van der Waals surface area contributed by atoms with Crippen molar-refractivity contribution >= 4 is 46.3 Å². The Balaban J connectivity index is 1.67. The maximum Gasteiger partial charge on any atom is 0.335 e. The number of carbonyl (C=O) groups is 2. The van der Waals surface area contributed by atoms with Crippen LogP contribution in [0.3, 0.4) is 0 Å². The molecule has 1 aliphatic heterocycles. The highest BCUT2D eigenvalue weighted by Gasteiger charge is 2.34. The summed E-state index contributed by atoms with van der Waals surface area (Å²) < 4.78 is 0.657. The Hall–Kier alpha value is -2.77. The fourth-order valence-electron chi connectivity index (χ4n) is 3.83. The molecule has 5 rings (SSSR count). The maximum atomic E-state index is 12.9. The van der Waals surface area contributed by atoms with E-state index in [4.69, 9.17) is 21.6 Å². The predicted octanol–water partition coefficient (Wildman–Crippen LogP) is 4.27. The van der Waals surface area contributed by atoms with Crippen molar-refractivity contribution in [2.45, 2.75) is 25.7 Å². The van der Waals surface area contributed by atoms with E-state index in [1.54, 1.807) is 17.0 Å². The lowest BCUT2D eigenvalue weighted by molar-refractivity contribution is -0.116. The molecule has 1 amide bonds. The molecule has 8 heteroatoms. The van der Waals surface area contributed by atoms with Gasteiger partial charge in [-0.15, -0.1) is 11.3 Å². The third kappa shape index (κ3) is 2.70. The lowest BCUT2D eigenvalue weighted by Crippen LogP contribution is -2.24. The summed E-state index contributed by atoms with van der Waals surface area (Å²) in [4.78, 5) is 36.1. The Labute approximate surface area is 169 Å². The zero-order valence-corrected chi connectivity index (χ0v) is 16.2. The number of carbonyl (C=O) groups excluding carboxylic acids is 1. The summed E-state index contributed by atoms with van der Waals surface area (Å²) in [5.41, 5.74) is 3.53. The average Bonchev–Trinajstić information content (AvgIpc) is 3.37. The summed E-state index contributed by atoms with van der Waals surface area (Å²) >= 11 is 7.48. The normalized spacial score (nSPS) is 15.0. The van der Waals surface area contributed by atoms with Crippen molar-refractivity contribution in [2.24, 2.45) is 0 Å². The van der Waals surface area contributed by atoms with Crippen LogP contribution < -0.4 is 4.90 Å². The predicted molar refractivity (Wildman–Crippen MR) is 107 cm³/mol. The van der Waals surface area contributed by atoms with E-state index >= 15 is 0 Å². The number of nitrogens with zero attached hydrogens (tertiary/aromatic N) is 3. The molecular formula is C20H14ClN3O3S. The first kappa shape index (κ1) is 17.3. The van der Waals surface area contributed by atoms with Gasteiger partial charge < -0.3 is 5.11 Å². The van der Waals surface area contributed by atoms with Crippen LogP contribution in [-0.4, -0.2) is 27.0 Å². The van der Waals surface area contributed by atoms with E-state index in [9.17, 15) is 14.7 Å². The lowest BCUT2D eigenvalue weighted by Gasteiger charge is -2.20. The van der Waals surface area contributed by atoms with E-state index in [1.165, 1.54) is 17.4 Å². The van der Waals surface area contributed by atoms with Crippen molar-refractivity contribution in [1.29, 1.82) is 0 Å². The van der Waals surface area contributed by atoms with Gasteiger partial charge in [-0.05, 0) is 55.2 Å². The summed E-state index contributed by atoms with van der Waals surface area (Å²) in [5.74, 6) is 0.0544. The van der Waals surface area contributed by atoms with Crippen LogP contribution in [0.4, 0.5) is 11.5 Å². The molecule has 28 heavy (non-hydrogen) atoms. The number of aromatic nitrogens is 2. The minimum atomic E-state index is -1.01. The topological polar surface area (TPSA) is 83.4 Å². The third-order valence-corrected chi connectivity index (χ3v) is 6.30. The highest BCUT2D eigenvalue weighted by Crippen LogP contribution is 2.41. The molecule has 3 aromatic rings. The second-order valence-electron chi connectivity index (χ2n) is 6.81. The monoisotopic (exact) mass is 411 g/mol. The second kappa shape index (κ2) is 6.39. The molecular weight excluding hydrogens is 398 g/mol. The number of anilines is 2. The smallest absolute Gasteiger partial charge is 0.335 e. The van der Waals surface area contributed by atoms with Gasteiger partial charge in [-0.1, -0.05) is 11.6 Å². The van der Waals surface area contributed by atoms with Crippen LogP contribution in [0.25, 0.3) is 10.7 Å². The van der Waals surface area contributed by atoms with Gasteiger partial charge in [0, 0.05) is 11.3 Å². The molecule has 1 aliphatic carbocycles. The standard InChI is InChI=1S/C20H14ClN3O3S/c21-16-7-6-15(28-16)18-22-13-3-1-2-12(13)19(23-18)24-14-5-4-10(20(26)27)8-11(14)9-17(24)25/h4-8H,1-3,9H2,(H,26,27). The largest absolute Gasteiger partial charge is 0.478 e. The van der Waals surface area contributed by atoms with E-state index < -0.39 is 5.97 Å². The fourth-order valence-corrected chi connectivity index (χ4v) is 4.81. The SMILES string of the molecule is O=C(O)c1ccc2c(c1)CC(=O)N2c1nc(-c2ccc(Cl)s2)nc2c1CCC2. The molecule has 6 nitrogen and oxygen atoms in total. The van der Waals surface area contributed by atoms with E-state index in [0.29, 0.717) is 27.2 Å². The number of thiophene rings is 1. The fraction of sp³-hybridized carbons (Fsp3) is 0.200. The van der Waals surface area contributed by atoms with Gasteiger partial charge in [-0.3, -0.25) is 9.69 Å². The molecule has 0 fully saturated rings. The average molecular weight is 412 g/mol. The van der Waals surface area contributed by atoms with Crippen LogP contribution in [0.1, 0.15) is 33.6 Å². The molecule has 2 aliphatic rings.